The van der Waals surface area contributed by atoms with Crippen molar-refractivity contribution in [3.63, 3.8) is 0 Å². The van der Waals surface area contributed by atoms with Gasteiger partial charge >= 0.3 is 11.9 Å². The molecular weight excluding hydrogens is 384 g/mol. The number of benzene rings is 2. The molecule has 1 unspecified atom stereocenters. The molecule has 3 aromatic rings. The molecule has 0 spiro atoms. The fraction of sp³-hybridized carbons (Fsp3) is 0.261. The number of likely N-dealkylation sites (tertiary alicyclic amines) is 1. The second-order valence-corrected chi connectivity index (χ2v) is 7.38. The lowest BCUT2D eigenvalue weighted by Crippen LogP contribution is -2.47. The number of rotatable bonds is 5. The van der Waals surface area contributed by atoms with Crippen molar-refractivity contribution in [2.24, 2.45) is 0 Å². The van der Waals surface area contributed by atoms with E-state index in [1.165, 1.54) is 4.90 Å². The predicted octanol–water partition coefficient (Wildman–Crippen LogP) is 3.40. The highest BCUT2D eigenvalue weighted by molar-refractivity contribution is 5.97. The highest BCUT2D eigenvalue weighted by atomic mass is 16.5. The Balaban J connectivity index is 1.41. The molecule has 0 saturated carbocycles. The number of H-pyrrole nitrogens is 1. The summed E-state index contributed by atoms with van der Waals surface area (Å²) in [5, 5.41) is 10.3. The molecule has 0 radical (unpaired) electrons. The molecule has 7 nitrogen and oxygen atoms in total. The normalized spacial score (nSPS) is 16.4. The van der Waals surface area contributed by atoms with E-state index in [2.05, 4.69) is 4.98 Å². The van der Waals surface area contributed by atoms with E-state index < -0.39 is 18.0 Å². The van der Waals surface area contributed by atoms with Gasteiger partial charge in [0.1, 0.15) is 11.8 Å². The number of carboxylic acids is 1. The summed E-state index contributed by atoms with van der Waals surface area (Å²) in [4.78, 5) is 41.0. The van der Waals surface area contributed by atoms with Gasteiger partial charge in [-0.1, -0.05) is 18.2 Å². The summed E-state index contributed by atoms with van der Waals surface area (Å²) in [7, 11) is 0. The van der Waals surface area contributed by atoms with Crippen molar-refractivity contribution in [2.75, 3.05) is 6.54 Å². The zero-order chi connectivity index (χ0) is 21.1. The Kier molecular flexibility index (Phi) is 5.52. The Morgan fingerprint density at radius 2 is 1.83 bits per heavy atom. The maximum Gasteiger partial charge on any atom is 0.326 e. The molecule has 154 valence electrons. The molecule has 2 heterocycles. The topological polar surface area (TPSA) is 99.7 Å². The van der Waals surface area contributed by atoms with Crippen molar-refractivity contribution >= 4 is 28.7 Å². The minimum atomic E-state index is -0.981. The second-order valence-electron chi connectivity index (χ2n) is 7.38. The van der Waals surface area contributed by atoms with E-state index in [9.17, 15) is 19.5 Å². The van der Waals surface area contributed by atoms with Crippen LogP contribution in [0.2, 0.25) is 0 Å². The molecule has 0 aliphatic carbocycles. The number of carbonyl (C=O) groups excluding carboxylic acids is 2. The number of nitrogens with zero attached hydrogens (tertiary/aromatic N) is 1. The highest BCUT2D eigenvalue weighted by Gasteiger charge is 2.32. The van der Waals surface area contributed by atoms with Crippen LogP contribution in [-0.2, 0) is 16.0 Å². The fourth-order valence-corrected chi connectivity index (χ4v) is 3.86. The van der Waals surface area contributed by atoms with Gasteiger partial charge in [0.05, 0.1) is 6.42 Å². The first-order chi connectivity index (χ1) is 14.5. The van der Waals surface area contributed by atoms with Gasteiger partial charge in [0.25, 0.3) is 5.91 Å². The smallest absolute Gasteiger partial charge is 0.326 e. The molecule has 1 aliphatic heterocycles. The summed E-state index contributed by atoms with van der Waals surface area (Å²) >= 11 is 0. The van der Waals surface area contributed by atoms with E-state index in [0.29, 0.717) is 24.3 Å². The SMILES string of the molecule is O=C(Cc1c[nH]c2ccccc12)Oc1ccc(C(=O)N2CCCCC2C(=O)O)cc1. The molecule has 1 atom stereocenters. The number of hydrogen-bond donors (Lipinski definition) is 2. The molecule has 1 amide bonds. The number of carbonyl (C=O) groups is 3. The summed E-state index contributed by atoms with van der Waals surface area (Å²) in [6, 6.07) is 13.2. The van der Waals surface area contributed by atoms with E-state index in [1.54, 1.807) is 30.5 Å². The summed E-state index contributed by atoms with van der Waals surface area (Å²) < 4.78 is 5.40. The van der Waals surface area contributed by atoms with Crippen LogP contribution in [-0.4, -0.2) is 45.4 Å². The minimum absolute atomic E-state index is 0.124. The first-order valence-electron chi connectivity index (χ1n) is 9.92. The third kappa shape index (κ3) is 4.05. The zero-order valence-corrected chi connectivity index (χ0v) is 16.3. The zero-order valence-electron chi connectivity index (χ0n) is 16.3. The van der Waals surface area contributed by atoms with Crippen LogP contribution < -0.4 is 4.74 Å². The van der Waals surface area contributed by atoms with Gasteiger partial charge in [0.15, 0.2) is 0 Å². The summed E-state index contributed by atoms with van der Waals surface area (Å²) in [6.45, 7) is 0.428. The van der Waals surface area contributed by atoms with Gasteiger partial charge in [0, 0.05) is 29.2 Å². The van der Waals surface area contributed by atoms with Gasteiger partial charge in [-0.05, 0) is 55.2 Å². The van der Waals surface area contributed by atoms with E-state index in [-0.39, 0.29) is 12.3 Å². The molecule has 30 heavy (non-hydrogen) atoms. The Bertz CT molecular complexity index is 1090. The molecule has 7 heteroatoms. The molecule has 1 saturated heterocycles. The molecule has 1 aliphatic rings. The van der Waals surface area contributed by atoms with Gasteiger partial charge in [-0.15, -0.1) is 0 Å². The molecule has 2 aromatic carbocycles. The van der Waals surface area contributed by atoms with E-state index in [4.69, 9.17) is 4.74 Å². The number of ether oxygens (including phenoxy) is 1. The maximum atomic E-state index is 12.7. The average Bonchev–Trinajstić information content (AvgIpc) is 3.16. The van der Waals surface area contributed by atoms with Crippen molar-refractivity contribution in [3.05, 3.63) is 65.9 Å². The minimum Gasteiger partial charge on any atom is -0.480 e. The van der Waals surface area contributed by atoms with Crippen LogP contribution in [0.1, 0.15) is 35.2 Å². The Labute approximate surface area is 173 Å². The van der Waals surface area contributed by atoms with Crippen LogP contribution in [0.5, 0.6) is 5.75 Å². The van der Waals surface area contributed by atoms with Crippen LogP contribution in [0.4, 0.5) is 0 Å². The lowest BCUT2D eigenvalue weighted by atomic mass is 10.0. The standard InChI is InChI=1S/C23H22N2O5/c26-21(13-16-14-24-19-6-2-1-5-18(16)19)30-17-10-8-15(9-11-17)22(27)25-12-4-3-7-20(25)23(28)29/h1-2,5-6,8-11,14,20,24H,3-4,7,12-13H2,(H,28,29). The van der Waals surface area contributed by atoms with Crippen molar-refractivity contribution < 1.29 is 24.2 Å². The molecule has 1 fully saturated rings. The number of aromatic amines is 1. The monoisotopic (exact) mass is 406 g/mol. The summed E-state index contributed by atoms with van der Waals surface area (Å²) in [5.74, 6) is -1.37. The van der Waals surface area contributed by atoms with E-state index in [1.807, 2.05) is 24.3 Å². The first-order valence-corrected chi connectivity index (χ1v) is 9.92. The third-order valence-electron chi connectivity index (χ3n) is 5.39. The fourth-order valence-electron chi connectivity index (χ4n) is 3.86. The van der Waals surface area contributed by atoms with E-state index >= 15 is 0 Å². The van der Waals surface area contributed by atoms with Crippen LogP contribution in [0.15, 0.2) is 54.7 Å². The van der Waals surface area contributed by atoms with Gasteiger partial charge in [-0.25, -0.2) is 4.79 Å². The number of fused-ring (bicyclic) bond motifs is 1. The third-order valence-corrected chi connectivity index (χ3v) is 5.39. The lowest BCUT2D eigenvalue weighted by Gasteiger charge is -2.33. The van der Waals surface area contributed by atoms with Crippen LogP contribution in [0.25, 0.3) is 10.9 Å². The van der Waals surface area contributed by atoms with Gasteiger partial charge < -0.3 is 19.7 Å². The number of aliphatic carboxylic acids is 1. The number of hydrogen-bond acceptors (Lipinski definition) is 4. The van der Waals surface area contributed by atoms with Crippen LogP contribution in [0, 0.1) is 0 Å². The Hall–Kier alpha value is -3.61. The van der Waals surface area contributed by atoms with Crippen LogP contribution >= 0.6 is 0 Å². The number of carboxylic acid groups (broad SMARTS) is 1. The summed E-state index contributed by atoms with van der Waals surface area (Å²) in [6.07, 6.45) is 3.97. The second kappa shape index (κ2) is 8.41. The predicted molar refractivity (Wildman–Crippen MR) is 110 cm³/mol. The van der Waals surface area contributed by atoms with Gasteiger partial charge in [-0.3, -0.25) is 9.59 Å². The number of esters is 1. The number of piperidine rings is 1. The largest absolute Gasteiger partial charge is 0.480 e. The Morgan fingerprint density at radius 1 is 1.07 bits per heavy atom. The van der Waals surface area contributed by atoms with Gasteiger partial charge in [-0.2, -0.15) is 0 Å². The molecule has 4 rings (SSSR count). The highest BCUT2D eigenvalue weighted by Crippen LogP contribution is 2.22. The first kappa shape index (κ1) is 19.7. The number of para-hydroxylation sites is 1. The lowest BCUT2D eigenvalue weighted by molar-refractivity contribution is -0.143. The molecule has 0 bridgehead atoms. The number of nitrogens with one attached hydrogen (secondary N) is 1. The molecule has 1 aromatic heterocycles. The van der Waals surface area contributed by atoms with E-state index in [0.717, 1.165) is 29.3 Å². The van der Waals surface area contributed by atoms with Crippen molar-refractivity contribution in [1.29, 1.82) is 0 Å². The molecular formula is C23H22N2O5. The molecule has 2 N–H and O–H groups in total. The van der Waals surface area contributed by atoms with Crippen molar-refractivity contribution in [2.45, 2.75) is 31.7 Å². The summed E-state index contributed by atoms with van der Waals surface area (Å²) in [5.41, 5.74) is 2.19. The number of amides is 1. The quantitative estimate of drug-likeness (QED) is 0.500. The maximum absolute atomic E-state index is 12.7. The average molecular weight is 406 g/mol. The number of aromatic nitrogens is 1. The van der Waals surface area contributed by atoms with Crippen LogP contribution in [0.3, 0.4) is 0 Å². The van der Waals surface area contributed by atoms with Crippen molar-refractivity contribution in [3.8, 4) is 5.75 Å². The Morgan fingerprint density at radius 3 is 2.60 bits per heavy atom. The van der Waals surface area contributed by atoms with Gasteiger partial charge in [0.2, 0.25) is 0 Å². The van der Waals surface area contributed by atoms with Crippen molar-refractivity contribution in [1.82, 2.24) is 9.88 Å².